The van der Waals surface area contributed by atoms with Crippen LogP contribution in [0.15, 0.2) is 30.6 Å². The molecule has 3 amide bonds. The molecule has 3 aromatic heterocycles. The lowest BCUT2D eigenvalue weighted by Gasteiger charge is -2.09. The predicted molar refractivity (Wildman–Crippen MR) is 245 cm³/mol. The lowest BCUT2D eigenvalue weighted by molar-refractivity contribution is -0.123. The third-order valence-electron chi connectivity index (χ3n) is 9.58. The number of aryl methyl sites for hydroxylation is 1. The summed E-state index contributed by atoms with van der Waals surface area (Å²) in [6, 6.07) is 7.01. The van der Waals surface area contributed by atoms with Gasteiger partial charge in [-0.2, -0.15) is 5.10 Å². The van der Waals surface area contributed by atoms with Crippen molar-refractivity contribution in [2.75, 3.05) is 131 Å². The summed E-state index contributed by atoms with van der Waals surface area (Å²) < 4.78 is 45.6. The number of phenolic OH excluding ortho intramolecular Hbond substituents is 1. The molecule has 0 unspecified atom stereocenters. The number of nitrogens with one attached hydrogen (secondary N) is 4. The third kappa shape index (κ3) is 21.7. The predicted octanol–water partition coefficient (Wildman–Crippen LogP) is 2.11. The first kappa shape index (κ1) is 53.2. The minimum atomic E-state index is -0.119. The summed E-state index contributed by atoms with van der Waals surface area (Å²) in [6.45, 7) is 8.19. The van der Waals surface area contributed by atoms with Crippen LogP contribution in [-0.2, 0) is 58.8 Å². The second-order valence-corrected chi connectivity index (χ2v) is 14.7. The lowest BCUT2D eigenvalue weighted by atomic mass is 10.2. The molecule has 0 atom stereocenters. The average Bonchev–Trinajstić information content (AvgIpc) is 3.90. The summed E-state index contributed by atoms with van der Waals surface area (Å²) in [5.74, 6) is 2.79. The van der Waals surface area contributed by atoms with Crippen LogP contribution in [0.3, 0.4) is 0 Å². The van der Waals surface area contributed by atoms with Crippen molar-refractivity contribution in [3.05, 3.63) is 30.6 Å². The molecule has 0 fully saturated rings. The lowest BCUT2D eigenvalue weighted by Crippen LogP contribution is -2.28. The molecule has 7 N–H and O–H groups in total. The standard InChI is InChI=1S/C45H67N9O12/c1-2-3-4-7-39(56)48-13-18-61-22-26-65-30-29-64-25-21-60-17-11-41(58)49-14-19-62-23-27-66-31-28-63-24-20-59-16-10-40(57)47-12-5-6-15-54-45-42(44(46)50-34-51-45)43(53-54)38-33-35-32-36(55)8-9-37(35)52-38/h1,8-9,32-34,52,55H,3-7,10-31H2,(H,47,57)(H,48,56)(H,49,58)(H2,46,50,51). The van der Waals surface area contributed by atoms with E-state index in [2.05, 4.69) is 36.8 Å². The van der Waals surface area contributed by atoms with Gasteiger partial charge in [-0.15, -0.1) is 12.3 Å². The molecule has 0 spiro atoms. The fourth-order valence-corrected chi connectivity index (χ4v) is 6.23. The van der Waals surface area contributed by atoms with Gasteiger partial charge in [0.2, 0.25) is 17.7 Å². The number of carbonyl (C=O) groups is 3. The van der Waals surface area contributed by atoms with Gasteiger partial charge in [-0.1, -0.05) is 0 Å². The number of rotatable bonds is 39. The zero-order chi connectivity index (χ0) is 46.9. The molecule has 1 aromatic carbocycles. The monoisotopic (exact) mass is 925 g/mol. The van der Waals surface area contributed by atoms with Crippen LogP contribution < -0.4 is 21.7 Å². The molecular formula is C45H67N9O12. The molecule has 21 heteroatoms. The van der Waals surface area contributed by atoms with Crippen molar-refractivity contribution < 1.29 is 57.4 Å². The maximum absolute atomic E-state index is 12.3. The smallest absolute Gasteiger partial charge is 0.222 e. The Bertz CT molecular complexity index is 2040. The van der Waals surface area contributed by atoms with Gasteiger partial charge in [0, 0.05) is 62.8 Å². The molecule has 4 aromatic rings. The van der Waals surface area contributed by atoms with E-state index in [0.29, 0.717) is 174 Å². The van der Waals surface area contributed by atoms with Crippen molar-refractivity contribution in [2.45, 2.75) is 51.5 Å². The number of anilines is 1. The van der Waals surface area contributed by atoms with E-state index in [-0.39, 0.29) is 36.3 Å². The number of nitrogens with two attached hydrogens (primary N) is 1. The van der Waals surface area contributed by atoms with E-state index in [1.54, 1.807) is 22.9 Å². The number of aromatic nitrogens is 5. The quantitative estimate of drug-likeness (QED) is 0.0276. The van der Waals surface area contributed by atoms with Crippen LogP contribution in [0.25, 0.3) is 33.3 Å². The zero-order valence-corrected chi connectivity index (χ0v) is 37.9. The first-order valence-electron chi connectivity index (χ1n) is 22.5. The Balaban J connectivity index is 0.848. The minimum Gasteiger partial charge on any atom is -0.508 e. The Kier molecular flexibility index (Phi) is 26.7. The van der Waals surface area contributed by atoms with E-state index < -0.39 is 0 Å². The molecule has 21 nitrogen and oxygen atoms in total. The van der Waals surface area contributed by atoms with E-state index in [4.69, 9.17) is 55.2 Å². The highest BCUT2D eigenvalue weighted by Crippen LogP contribution is 2.32. The molecule has 364 valence electrons. The van der Waals surface area contributed by atoms with Crippen LogP contribution in [0.5, 0.6) is 5.75 Å². The van der Waals surface area contributed by atoms with E-state index in [9.17, 15) is 19.5 Å². The van der Waals surface area contributed by atoms with Crippen LogP contribution in [0.1, 0.15) is 44.9 Å². The summed E-state index contributed by atoms with van der Waals surface area (Å²) in [4.78, 5) is 47.7. The summed E-state index contributed by atoms with van der Waals surface area (Å²) >= 11 is 0. The highest BCUT2D eigenvalue weighted by atomic mass is 16.6. The number of nitrogens with zero attached hydrogens (tertiary/aromatic N) is 4. The molecular weight excluding hydrogens is 859 g/mol. The number of aromatic amines is 1. The Labute approximate surface area is 385 Å². The summed E-state index contributed by atoms with van der Waals surface area (Å²) in [7, 11) is 0. The number of benzene rings is 1. The van der Waals surface area contributed by atoms with Crippen molar-refractivity contribution in [3.8, 4) is 29.5 Å². The minimum absolute atomic E-state index is 0.0249. The fraction of sp³-hybridized carbons (Fsp3) is 0.600. The number of hydrogen-bond acceptors (Lipinski definition) is 16. The number of nitrogen functional groups attached to an aromatic ring is 1. The van der Waals surface area contributed by atoms with Gasteiger partial charge < -0.3 is 69.7 Å². The molecule has 0 bridgehead atoms. The molecule has 0 saturated carbocycles. The maximum Gasteiger partial charge on any atom is 0.222 e. The number of amides is 3. The normalized spacial score (nSPS) is 11.3. The number of hydrogen-bond donors (Lipinski definition) is 6. The Hall–Kier alpha value is -5.44. The summed E-state index contributed by atoms with van der Waals surface area (Å²) in [6.07, 6.45) is 10.3. The van der Waals surface area contributed by atoms with Crippen LogP contribution in [0.4, 0.5) is 5.82 Å². The third-order valence-corrected chi connectivity index (χ3v) is 9.58. The number of unbranched alkanes of at least 4 members (excludes halogenated alkanes) is 2. The number of ether oxygens (including phenoxy) is 8. The van der Waals surface area contributed by atoms with Crippen LogP contribution in [-0.4, -0.2) is 173 Å². The highest BCUT2D eigenvalue weighted by Gasteiger charge is 2.19. The molecule has 0 saturated heterocycles. The van der Waals surface area contributed by atoms with E-state index in [1.807, 2.05) is 6.07 Å². The molecule has 0 radical (unpaired) electrons. The average molecular weight is 926 g/mol. The fourth-order valence-electron chi connectivity index (χ4n) is 6.23. The Morgan fingerprint density at radius 2 is 1.17 bits per heavy atom. The van der Waals surface area contributed by atoms with Gasteiger partial charge >= 0.3 is 0 Å². The van der Waals surface area contributed by atoms with Crippen molar-refractivity contribution in [3.63, 3.8) is 0 Å². The number of H-pyrrole nitrogens is 1. The largest absolute Gasteiger partial charge is 0.508 e. The highest BCUT2D eigenvalue weighted by molar-refractivity contribution is 6.00. The molecule has 4 rings (SSSR count). The van der Waals surface area contributed by atoms with Crippen molar-refractivity contribution >= 4 is 45.5 Å². The van der Waals surface area contributed by atoms with E-state index >= 15 is 0 Å². The van der Waals surface area contributed by atoms with Gasteiger partial charge in [-0.05, 0) is 43.5 Å². The number of carbonyl (C=O) groups excluding carboxylic acids is 3. The topological polar surface area (TPSA) is 267 Å². The van der Waals surface area contributed by atoms with E-state index in [0.717, 1.165) is 29.4 Å². The van der Waals surface area contributed by atoms with Gasteiger partial charge in [-0.25, -0.2) is 14.6 Å². The number of terminal acetylenes is 1. The van der Waals surface area contributed by atoms with Gasteiger partial charge in [0.1, 0.15) is 23.6 Å². The van der Waals surface area contributed by atoms with Gasteiger partial charge in [0.25, 0.3) is 0 Å². The first-order valence-corrected chi connectivity index (χ1v) is 22.5. The summed E-state index contributed by atoms with van der Waals surface area (Å²) in [5, 5.41) is 24.7. The van der Waals surface area contributed by atoms with Crippen molar-refractivity contribution in [2.24, 2.45) is 0 Å². The molecule has 66 heavy (non-hydrogen) atoms. The van der Waals surface area contributed by atoms with Crippen molar-refractivity contribution in [1.29, 1.82) is 0 Å². The molecule has 3 heterocycles. The van der Waals surface area contributed by atoms with E-state index in [1.165, 1.54) is 6.33 Å². The summed E-state index contributed by atoms with van der Waals surface area (Å²) in [5.41, 5.74) is 9.10. The molecule has 0 aliphatic rings. The second kappa shape index (κ2) is 33.1. The van der Waals surface area contributed by atoms with Crippen LogP contribution >= 0.6 is 0 Å². The number of aromatic hydroxyl groups is 1. The molecule has 0 aliphatic carbocycles. The van der Waals surface area contributed by atoms with Crippen LogP contribution in [0.2, 0.25) is 0 Å². The molecule has 0 aliphatic heterocycles. The van der Waals surface area contributed by atoms with Crippen molar-refractivity contribution in [1.82, 2.24) is 40.7 Å². The van der Waals surface area contributed by atoms with Gasteiger partial charge in [0.05, 0.1) is 117 Å². The zero-order valence-electron chi connectivity index (χ0n) is 37.9. The second-order valence-electron chi connectivity index (χ2n) is 14.7. The number of phenols is 1. The Morgan fingerprint density at radius 1 is 0.652 bits per heavy atom. The maximum atomic E-state index is 12.3. The van der Waals surface area contributed by atoms with Crippen LogP contribution in [0, 0.1) is 12.3 Å². The first-order chi connectivity index (χ1) is 32.4. The Morgan fingerprint density at radius 3 is 1.73 bits per heavy atom. The van der Waals surface area contributed by atoms with Gasteiger partial charge in [-0.3, -0.25) is 14.4 Å². The van der Waals surface area contributed by atoms with Gasteiger partial charge in [0.15, 0.2) is 5.65 Å². The number of fused-ring (bicyclic) bond motifs is 2. The SMILES string of the molecule is C#CCCCC(=O)NCCOCCOCCOCCOCCC(=O)NCCOCCOCCOCCOCCC(=O)NCCCCn1nc(-c2cc3cc(O)ccc3[nH]2)c2c(N)ncnc21.